The first kappa shape index (κ1) is 15.0. The lowest BCUT2D eigenvalue weighted by atomic mass is 10.1. The fourth-order valence-electron chi connectivity index (χ4n) is 2.52. The van der Waals surface area contributed by atoms with Gasteiger partial charge in [0, 0.05) is 27.2 Å². The van der Waals surface area contributed by atoms with E-state index in [1.165, 1.54) is 19.6 Å². The van der Waals surface area contributed by atoms with Gasteiger partial charge < -0.3 is 5.32 Å². The third-order valence-corrected chi connectivity index (χ3v) is 5.89. The molecule has 0 spiro atoms. The molecule has 2 aromatic rings. The molecular weight excluding hydrogens is 395 g/mol. The number of halogens is 1. The van der Waals surface area contributed by atoms with Gasteiger partial charge in [0.25, 0.3) is 0 Å². The van der Waals surface area contributed by atoms with E-state index in [1.54, 1.807) is 0 Å². The zero-order chi connectivity index (χ0) is 14.8. The van der Waals surface area contributed by atoms with Gasteiger partial charge in [0.15, 0.2) is 0 Å². The van der Waals surface area contributed by atoms with Crippen molar-refractivity contribution in [2.24, 2.45) is 0 Å². The molecule has 1 N–H and O–H groups in total. The summed E-state index contributed by atoms with van der Waals surface area (Å²) < 4.78 is 1.17. The summed E-state index contributed by atoms with van der Waals surface area (Å²) in [6.45, 7) is 4.38. The molecule has 1 aromatic carbocycles. The minimum Gasteiger partial charge on any atom is -0.325 e. The highest BCUT2D eigenvalue weighted by Gasteiger charge is 2.19. The third kappa shape index (κ3) is 3.64. The maximum Gasteiger partial charge on any atom is 0.238 e. The molecule has 3 nitrogen and oxygen atoms in total. The smallest absolute Gasteiger partial charge is 0.238 e. The van der Waals surface area contributed by atoms with Crippen molar-refractivity contribution in [2.45, 2.75) is 19.9 Å². The average molecular weight is 412 g/mol. The predicted molar refractivity (Wildman–Crippen MR) is 95.8 cm³/mol. The lowest BCUT2D eigenvalue weighted by molar-refractivity contribution is -0.117. The Morgan fingerprint density at radius 2 is 2.29 bits per heavy atom. The summed E-state index contributed by atoms with van der Waals surface area (Å²) in [5, 5.41) is 5.13. The normalized spacial score (nSPS) is 14.8. The minimum absolute atomic E-state index is 0.0633. The molecular formula is C16H17IN2OS. The fourth-order valence-corrected chi connectivity index (χ4v) is 3.92. The van der Waals surface area contributed by atoms with Crippen molar-refractivity contribution < 1.29 is 4.79 Å². The van der Waals surface area contributed by atoms with Crippen molar-refractivity contribution in [3.8, 4) is 0 Å². The Kier molecular flexibility index (Phi) is 4.61. The van der Waals surface area contributed by atoms with E-state index in [2.05, 4.69) is 51.2 Å². The highest BCUT2D eigenvalue weighted by atomic mass is 127. The zero-order valence-electron chi connectivity index (χ0n) is 11.9. The van der Waals surface area contributed by atoms with Gasteiger partial charge in [0.05, 0.1) is 6.54 Å². The number of thiophene rings is 1. The first-order valence-corrected chi connectivity index (χ1v) is 8.91. The number of aryl methyl sites for hydroxylation is 1. The Labute approximate surface area is 142 Å². The van der Waals surface area contributed by atoms with Crippen LogP contribution >= 0.6 is 33.9 Å². The number of fused-ring (bicyclic) bond motifs is 1. The molecule has 0 radical (unpaired) electrons. The number of nitrogens with zero attached hydrogens (tertiary/aromatic N) is 1. The molecule has 21 heavy (non-hydrogen) atoms. The van der Waals surface area contributed by atoms with Gasteiger partial charge >= 0.3 is 0 Å². The van der Waals surface area contributed by atoms with Gasteiger partial charge in [-0.2, -0.15) is 0 Å². The molecule has 0 saturated carbocycles. The summed E-state index contributed by atoms with van der Waals surface area (Å²) in [5.74, 6) is 0.0633. The van der Waals surface area contributed by atoms with Crippen molar-refractivity contribution in [1.82, 2.24) is 4.90 Å². The predicted octanol–water partition coefficient (Wildman–Crippen LogP) is 3.66. The number of carbonyl (C=O) groups excluding carboxylic acids is 1. The van der Waals surface area contributed by atoms with Crippen LogP contribution in [0.5, 0.6) is 0 Å². The fraction of sp³-hybridized carbons (Fsp3) is 0.312. The molecule has 1 aromatic heterocycles. The van der Waals surface area contributed by atoms with Crippen molar-refractivity contribution in [3.63, 3.8) is 0 Å². The monoisotopic (exact) mass is 412 g/mol. The van der Waals surface area contributed by atoms with E-state index in [-0.39, 0.29) is 5.91 Å². The molecule has 0 fully saturated rings. The van der Waals surface area contributed by atoms with Crippen molar-refractivity contribution in [3.05, 3.63) is 49.2 Å². The summed E-state index contributed by atoms with van der Waals surface area (Å²) in [6.07, 6.45) is 1.06. The quantitative estimate of drug-likeness (QED) is 0.781. The second kappa shape index (κ2) is 6.46. The highest BCUT2D eigenvalue weighted by molar-refractivity contribution is 14.1. The van der Waals surface area contributed by atoms with Crippen LogP contribution in [-0.4, -0.2) is 23.9 Å². The summed E-state index contributed by atoms with van der Waals surface area (Å²) >= 11 is 4.11. The minimum atomic E-state index is 0.0633. The Bertz CT molecular complexity index is 668. The topological polar surface area (TPSA) is 32.3 Å². The van der Waals surface area contributed by atoms with E-state index >= 15 is 0 Å². The van der Waals surface area contributed by atoms with Gasteiger partial charge in [0.2, 0.25) is 5.91 Å². The van der Waals surface area contributed by atoms with Gasteiger partial charge in [0.1, 0.15) is 0 Å². The number of benzene rings is 1. The number of carbonyl (C=O) groups is 1. The molecule has 5 heteroatoms. The molecule has 0 saturated heterocycles. The van der Waals surface area contributed by atoms with Crippen molar-refractivity contribution >= 4 is 45.5 Å². The molecule has 0 bridgehead atoms. The van der Waals surface area contributed by atoms with E-state index in [9.17, 15) is 4.79 Å². The number of rotatable bonds is 3. The number of anilines is 1. The SMILES string of the molecule is Cc1ccc(NC(=O)CN2CCc3sccc3C2)cc1I. The molecule has 0 aliphatic carbocycles. The van der Waals surface area contributed by atoms with Crippen molar-refractivity contribution in [1.29, 1.82) is 0 Å². The lowest BCUT2D eigenvalue weighted by Crippen LogP contribution is -2.36. The summed E-state index contributed by atoms with van der Waals surface area (Å²) in [6, 6.07) is 8.19. The second-order valence-corrected chi connectivity index (χ2v) is 7.50. The van der Waals surface area contributed by atoms with Gasteiger partial charge in [-0.1, -0.05) is 6.07 Å². The molecule has 0 atom stereocenters. The molecule has 0 unspecified atom stereocenters. The Morgan fingerprint density at radius 3 is 3.10 bits per heavy atom. The second-order valence-electron chi connectivity index (χ2n) is 5.34. The summed E-state index contributed by atoms with van der Waals surface area (Å²) in [5.41, 5.74) is 3.49. The van der Waals surface area contributed by atoms with Crippen molar-refractivity contribution in [2.75, 3.05) is 18.4 Å². The van der Waals surface area contributed by atoms with E-state index in [0.29, 0.717) is 6.54 Å². The van der Waals surface area contributed by atoms with E-state index < -0.39 is 0 Å². The zero-order valence-corrected chi connectivity index (χ0v) is 14.8. The van der Waals surface area contributed by atoms with Gasteiger partial charge in [-0.3, -0.25) is 9.69 Å². The van der Waals surface area contributed by atoms with Crippen LogP contribution < -0.4 is 5.32 Å². The van der Waals surface area contributed by atoms with Crippen LogP contribution in [-0.2, 0) is 17.8 Å². The van der Waals surface area contributed by atoms with E-state index in [0.717, 1.165) is 25.2 Å². The van der Waals surface area contributed by atoms with E-state index in [1.807, 2.05) is 29.5 Å². The third-order valence-electron chi connectivity index (χ3n) is 3.71. The first-order chi connectivity index (χ1) is 10.1. The molecule has 1 aliphatic heterocycles. The number of hydrogen-bond donors (Lipinski definition) is 1. The largest absolute Gasteiger partial charge is 0.325 e. The van der Waals surface area contributed by atoms with Gasteiger partial charge in [-0.25, -0.2) is 0 Å². The van der Waals surface area contributed by atoms with Crippen LogP contribution in [0.25, 0.3) is 0 Å². The standard InChI is InChI=1S/C16H17IN2OS/c1-11-2-3-13(8-14(11)17)18-16(20)10-19-6-4-15-12(9-19)5-7-21-15/h2-3,5,7-8H,4,6,9-10H2,1H3,(H,18,20). The lowest BCUT2D eigenvalue weighted by Gasteiger charge is -2.26. The molecule has 2 heterocycles. The van der Waals surface area contributed by atoms with Gasteiger partial charge in [-0.15, -0.1) is 11.3 Å². The summed E-state index contributed by atoms with van der Waals surface area (Å²) in [7, 11) is 0. The van der Waals surface area contributed by atoms with Crippen LogP contribution in [0.4, 0.5) is 5.69 Å². The molecule has 1 amide bonds. The van der Waals surface area contributed by atoms with Crippen LogP contribution in [0, 0.1) is 10.5 Å². The number of amides is 1. The highest BCUT2D eigenvalue weighted by Crippen LogP contribution is 2.24. The van der Waals surface area contributed by atoms with Gasteiger partial charge in [-0.05, 0) is 70.6 Å². The average Bonchev–Trinajstić information content (AvgIpc) is 2.90. The summed E-state index contributed by atoms with van der Waals surface area (Å²) in [4.78, 5) is 15.9. The van der Waals surface area contributed by atoms with Crippen LogP contribution in [0.2, 0.25) is 0 Å². The van der Waals surface area contributed by atoms with Crippen LogP contribution in [0.3, 0.4) is 0 Å². The Balaban J connectivity index is 1.58. The first-order valence-electron chi connectivity index (χ1n) is 6.95. The molecule has 1 aliphatic rings. The number of nitrogens with one attached hydrogen (secondary N) is 1. The van der Waals surface area contributed by atoms with Crippen LogP contribution in [0.1, 0.15) is 16.0 Å². The number of hydrogen-bond acceptors (Lipinski definition) is 3. The molecule has 110 valence electrons. The Hall–Kier alpha value is -0.920. The molecule has 3 rings (SSSR count). The van der Waals surface area contributed by atoms with Crippen LogP contribution in [0.15, 0.2) is 29.6 Å². The maximum absolute atomic E-state index is 12.2. The van der Waals surface area contributed by atoms with E-state index in [4.69, 9.17) is 0 Å². The Morgan fingerprint density at radius 1 is 1.43 bits per heavy atom. The maximum atomic E-state index is 12.2.